The fourth-order valence-corrected chi connectivity index (χ4v) is 16.0. The number of esters is 6. The zero-order valence-corrected chi connectivity index (χ0v) is 84.7. The van der Waals surface area contributed by atoms with E-state index in [1.807, 2.05) is 60.9 Å². The first kappa shape index (κ1) is 114. The molecule has 4 saturated heterocycles. The molecule has 27 nitrogen and oxygen atoms in total. The van der Waals surface area contributed by atoms with Crippen LogP contribution in [0, 0.1) is 129 Å². The predicted molar refractivity (Wildman–Crippen MR) is 523 cm³/mol. The molecule has 29 heteroatoms. The van der Waals surface area contributed by atoms with Gasteiger partial charge in [0.2, 0.25) is 0 Å². The second-order valence-electron chi connectivity index (χ2n) is 36.9. The molecule has 0 aromatic heterocycles. The van der Waals surface area contributed by atoms with Crippen molar-refractivity contribution in [3.8, 4) is 94.0 Å². The zero-order valence-electron chi connectivity index (χ0n) is 82.7. The van der Waals surface area contributed by atoms with Gasteiger partial charge in [-0.05, 0) is 158 Å². The van der Waals surface area contributed by atoms with Gasteiger partial charge in [0, 0.05) is 104 Å². The molecule has 0 unspecified atom stereocenters. The quantitative estimate of drug-likeness (QED) is 0.0203. The van der Waals surface area contributed by atoms with E-state index in [1.165, 1.54) is 41.5 Å². The summed E-state index contributed by atoms with van der Waals surface area (Å²) in [6, 6.07) is 29.7. The summed E-state index contributed by atoms with van der Waals surface area (Å²) in [5, 5.41) is 77.6. The zero-order chi connectivity index (χ0) is 102. The van der Waals surface area contributed by atoms with E-state index in [1.54, 1.807) is 43.3 Å². The molecule has 8 N–H and O–H groups in total. The molecule has 7 aliphatic heterocycles. The highest BCUT2D eigenvalue weighted by molar-refractivity contribution is 6.84. The standard InChI is InChI=1S/C34H42O10.C28H30O6.C22H26O10.C16H22Si2.C9H16O/c1-9-28-19(2)20(3)32(40-23(6)36)30(43-28)17-15-27-12-10-26(11-13-27)14-16-29-21(4)33(41-24(7)37)34(42-25(8)38)31(44-29)18-39-22(5)35;1-5-26-19(2)6-13-24(33-26)14-11-22-7-9-23(10-8-22)12-15-25-16-17-27(32-21(4)30)28(34-25)18-31-20(3)29;23-9-15-19(27)21(29)17(25)13(31-15)7-5-11-1-2-12(4-3-11)6-8-14-18(26)22(30)20(28)16(10-24)32-14;1-17(2,3)13-11-15-7-9-16(10-8-15)12-14-18(4,5)6;1-4-9-8(3)7(2)5-6-10-9/h10-13,19-21,28-34H,9,18H2,1-8H3;6-10,13,16-17,19,24-28H,5,18H2,1-4H3;1-4,13-30H,9-10H2;7-10H,1-6H3;5-9H,4H2,1-3H3/t19-,20-,21+,28+,29+,30+,31+,32-,33+,34+;19-,24-,25+,26+,27-,28+;13-,14-,15-,16-,17-,18-,19-,20-,21-,22-;;7-,8+,9-/m001.1/s1. The van der Waals surface area contributed by atoms with Gasteiger partial charge in [-0.1, -0.05) is 191 Å². The van der Waals surface area contributed by atoms with E-state index >= 15 is 0 Å². The lowest BCUT2D eigenvalue weighted by molar-refractivity contribution is -0.222. The molecule has 29 atom stereocenters. The summed E-state index contributed by atoms with van der Waals surface area (Å²) >= 11 is 0. The van der Waals surface area contributed by atoms with Crippen LogP contribution in [-0.2, 0) is 90.3 Å². The number of allylic oxidation sites excluding steroid dienone is 1. The highest BCUT2D eigenvalue weighted by Gasteiger charge is 2.49. The van der Waals surface area contributed by atoms with Crippen LogP contribution in [0.3, 0.4) is 0 Å². The summed E-state index contributed by atoms with van der Waals surface area (Å²) in [7, 11) is -2.55. The molecule has 0 radical (unpaired) electrons. The predicted octanol–water partition coefficient (Wildman–Crippen LogP) is 9.98. The van der Waals surface area contributed by atoms with Gasteiger partial charge in [-0.2, -0.15) is 0 Å². The molecule has 138 heavy (non-hydrogen) atoms. The molecule has 7 heterocycles. The number of aliphatic hydroxyl groups is 8. The minimum Gasteiger partial charge on any atom is -0.498 e. The van der Waals surface area contributed by atoms with E-state index in [4.69, 9.17) is 61.6 Å². The average Bonchev–Trinajstić information content (AvgIpc) is 0.788. The molecule has 11 rings (SSSR count). The maximum absolute atomic E-state index is 11.9. The maximum atomic E-state index is 11.9. The summed E-state index contributed by atoms with van der Waals surface area (Å²) in [6.45, 7) is 39.0. The normalized spacial score (nSPS) is 30.1. The molecule has 4 fully saturated rings. The van der Waals surface area contributed by atoms with Gasteiger partial charge in [0.15, 0.2) is 12.2 Å². The summed E-state index contributed by atoms with van der Waals surface area (Å²) in [4.78, 5) is 69.4. The lowest BCUT2D eigenvalue weighted by atomic mass is 9.80. The Kier molecular flexibility index (Phi) is 46.1. The Morgan fingerprint density at radius 3 is 1.03 bits per heavy atom. The van der Waals surface area contributed by atoms with Crippen molar-refractivity contribution < 1.29 is 131 Å². The topological polar surface area (TPSA) is 384 Å². The van der Waals surface area contributed by atoms with Crippen molar-refractivity contribution in [1.29, 1.82) is 0 Å². The summed E-state index contributed by atoms with van der Waals surface area (Å²) in [5.41, 5.74) is 13.1. The Balaban J connectivity index is 0.000000249. The molecule has 0 saturated carbocycles. The van der Waals surface area contributed by atoms with Crippen molar-refractivity contribution in [2.75, 3.05) is 26.4 Å². The molecule has 742 valence electrons. The van der Waals surface area contributed by atoms with Gasteiger partial charge < -0.3 is 102 Å². The van der Waals surface area contributed by atoms with Crippen molar-refractivity contribution >= 4 is 52.0 Å². The van der Waals surface area contributed by atoms with E-state index in [0.717, 1.165) is 47.1 Å². The van der Waals surface area contributed by atoms with Crippen molar-refractivity contribution in [2.45, 2.75) is 303 Å². The Morgan fingerprint density at radius 2 is 0.652 bits per heavy atom. The number of hydrogen-bond donors (Lipinski definition) is 8. The number of hydrogen-bond acceptors (Lipinski definition) is 27. The summed E-state index contributed by atoms with van der Waals surface area (Å²) in [6.07, 6.45) is -4.26. The number of ether oxygens (including phenoxy) is 13. The highest BCUT2D eigenvalue weighted by atomic mass is 28.3. The number of rotatable bonds is 13. The largest absolute Gasteiger partial charge is 0.498 e. The van der Waals surface area contributed by atoms with Crippen LogP contribution in [-0.4, -0.2) is 260 Å². The van der Waals surface area contributed by atoms with Gasteiger partial charge in [0.05, 0.1) is 31.7 Å². The van der Waals surface area contributed by atoms with E-state index in [9.17, 15) is 69.6 Å². The third kappa shape index (κ3) is 37.3. The van der Waals surface area contributed by atoms with Crippen LogP contribution in [0.1, 0.15) is 168 Å². The van der Waals surface area contributed by atoms with Crippen molar-refractivity contribution in [3.05, 3.63) is 178 Å². The average molecular weight is 1930 g/mol. The van der Waals surface area contributed by atoms with Crippen molar-refractivity contribution in [1.82, 2.24) is 0 Å². The van der Waals surface area contributed by atoms with E-state index < -0.39 is 181 Å². The number of aliphatic hydroxyl groups excluding tert-OH is 8. The number of carbonyl (C=O) groups is 6. The Bertz CT molecular complexity index is 5180. The van der Waals surface area contributed by atoms with Crippen LogP contribution in [0.15, 0.2) is 134 Å². The Morgan fingerprint density at radius 1 is 0.312 bits per heavy atom. The third-order valence-corrected chi connectivity index (χ3v) is 25.0. The van der Waals surface area contributed by atoms with Gasteiger partial charge in [0.1, 0.15) is 145 Å². The highest BCUT2D eigenvalue weighted by Crippen LogP contribution is 2.36. The Labute approximate surface area is 815 Å². The minimum absolute atomic E-state index is 0.0246. The second kappa shape index (κ2) is 55.8. The van der Waals surface area contributed by atoms with Gasteiger partial charge in [0.25, 0.3) is 0 Å². The van der Waals surface area contributed by atoms with Gasteiger partial charge in [-0.15, -0.1) is 11.1 Å². The van der Waals surface area contributed by atoms with Crippen LogP contribution in [0.4, 0.5) is 0 Å². The van der Waals surface area contributed by atoms with E-state index in [2.05, 4.69) is 225 Å². The van der Waals surface area contributed by atoms with Gasteiger partial charge in [-0.3, -0.25) is 28.8 Å². The van der Waals surface area contributed by atoms with Crippen LogP contribution in [0.5, 0.6) is 0 Å². The van der Waals surface area contributed by atoms with Crippen LogP contribution in [0.2, 0.25) is 39.3 Å². The molecule has 0 bridgehead atoms. The van der Waals surface area contributed by atoms with Crippen LogP contribution < -0.4 is 0 Å². The third-order valence-electron chi connectivity index (χ3n) is 23.2. The number of carbonyl (C=O) groups excluding carboxylic acids is 6. The number of benzene rings is 4. The first-order chi connectivity index (χ1) is 65.3. The Hall–Kier alpha value is -10.9. The smallest absolute Gasteiger partial charge is 0.303 e. The summed E-state index contributed by atoms with van der Waals surface area (Å²) < 4.78 is 72.2. The second-order valence-corrected chi connectivity index (χ2v) is 46.4. The summed E-state index contributed by atoms with van der Waals surface area (Å²) in [5.74, 6) is 41.0. The lowest BCUT2D eigenvalue weighted by Gasteiger charge is -2.42. The molecule has 0 aliphatic carbocycles. The first-order valence-electron chi connectivity index (χ1n) is 46.7. The van der Waals surface area contributed by atoms with Crippen LogP contribution in [0.25, 0.3) is 0 Å². The molecule has 0 spiro atoms. The van der Waals surface area contributed by atoms with Crippen molar-refractivity contribution in [3.63, 3.8) is 0 Å². The van der Waals surface area contributed by atoms with Gasteiger partial charge in [-0.25, -0.2) is 0 Å². The first-order valence-corrected chi connectivity index (χ1v) is 53.7. The molecular formula is C109H136O27Si2. The molecule has 7 aliphatic rings. The SMILES string of the molecule is CC[C@H]1OC=C[C@@H](C)[C@@H]1C.CC[C@H]1O[C@H](C#Cc2ccc(C#C[C@@H]3C=C[C@H](OC(C)=O)[C@@H](COC(C)=O)O3)cc2)C=C[C@@H]1C.CC[C@H]1O[C@H](C#Cc2ccc(C#C[C@H]3O[C@H](COC(C)=O)[C@@H](OC(C)=O)[C@H](OC(C)=O)[C@@H]3C)cc2)[C@@H](OC(C)=O)[C@@H](C)[C@@H]1C.C[Si](C)(C)C#Cc1ccc(C#C[Si](C)(C)C)cc1.OC[C@H]1O[C@H](C#Cc2ccc(C#C[C@H]3O[C@H](CO)[C@@H](O)[C@H](O)[C@@H]3O)cc2)[C@@H](O)[C@@H](O)[C@@H]1O. The molecule has 4 aromatic carbocycles. The monoisotopic (exact) mass is 1930 g/mol. The van der Waals surface area contributed by atoms with E-state index in [-0.39, 0.29) is 49.3 Å². The fraction of sp³-hybridized carbons (Fsp3) is 0.523. The van der Waals surface area contributed by atoms with Crippen molar-refractivity contribution in [2.24, 2.45) is 35.5 Å². The fourth-order valence-electron chi connectivity index (χ4n) is 15.0. The molecule has 4 aromatic rings. The maximum Gasteiger partial charge on any atom is 0.303 e. The van der Waals surface area contributed by atoms with Gasteiger partial charge >= 0.3 is 35.8 Å². The minimum atomic E-state index is -1.50. The molecule has 0 amide bonds. The van der Waals surface area contributed by atoms with E-state index in [0.29, 0.717) is 40.5 Å². The lowest BCUT2D eigenvalue weighted by Crippen LogP contribution is -2.58. The molecular weight excluding hydrogens is 1800 g/mol. The van der Waals surface area contributed by atoms with Crippen LogP contribution >= 0.6 is 0 Å².